The van der Waals surface area contributed by atoms with E-state index in [1.165, 1.54) is 40.9 Å². The number of hydrogen-bond donors (Lipinski definition) is 16. The normalized spacial score (nSPS) is 16.8. The Morgan fingerprint density at radius 1 is 0.600 bits per heavy atom. The number of hydrogen-bond acceptors (Lipinski definition) is 18. The van der Waals surface area contributed by atoms with E-state index in [4.69, 9.17) is 34.4 Å². The van der Waals surface area contributed by atoms with Crippen LogP contribution < -0.4 is 76.9 Å². The van der Waals surface area contributed by atoms with E-state index in [1.54, 1.807) is 30.3 Å². The van der Waals surface area contributed by atoms with Gasteiger partial charge < -0.3 is 96.9 Å². The number of rotatable bonds is 41. The maximum Gasteiger partial charge on any atom is 0.303 e. The van der Waals surface area contributed by atoms with Crippen molar-refractivity contribution in [2.24, 2.45) is 45.3 Å². The second-order valence-corrected chi connectivity index (χ2v) is 24.9. The first-order chi connectivity index (χ1) is 45.1. The number of carbonyl (C=O) groups excluding carboxylic acids is 12. The summed E-state index contributed by atoms with van der Waals surface area (Å²) in [6.45, 7) is 3.42. The van der Waals surface area contributed by atoms with Gasteiger partial charge in [-0.05, 0) is 118 Å². The van der Waals surface area contributed by atoms with Gasteiger partial charge in [-0.3, -0.25) is 67.3 Å². The van der Waals surface area contributed by atoms with Gasteiger partial charge in [-0.15, -0.1) is 0 Å². The highest BCUT2D eigenvalue weighted by Crippen LogP contribution is 2.23. The highest BCUT2D eigenvalue weighted by Gasteiger charge is 2.43. The van der Waals surface area contributed by atoms with Gasteiger partial charge >= 0.3 is 5.97 Å². The molecule has 2 aliphatic heterocycles. The van der Waals surface area contributed by atoms with Gasteiger partial charge in [-0.1, -0.05) is 62.7 Å². The monoisotopic (exact) mass is 1350 g/mol. The van der Waals surface area contributed by atoms with Crippen LogP contribution in [0.5, 0.6) is 5.75 Å². The molecule has 10 atom stereocenters. The van der Waals surface area contributed by atoms with Gasteiger partial charge in [0, 0.05) is 38.9 Å². The highest BCUT2D eigenvalue weighted by molar-refractivity contribution is 7.98. The fraction of sp³-hybridized carbons (Fsp3) is 0.581. The lowest BCUT2D eigenvalue weighted by Crippen LogP contribution is -2.60. The van der Waals surface area contributed by atoms with Crippen LogP contribution in [0.4, 0.5) is 0 Å². The van der Waals surface area contributed by atoms with Gasteiger partial charge in [0.25, 0.3) is 0 Å². The molecular weight excluding hydrogens is 1250 g/mol. The summed E-state index contributed by atoms with van der Waals surface area (Å²) < 4.78 is 0. The van der Waals surface area contributed by atoms with Crippen LogP contribution in [0.1, 0.15) is 115 Å². The molecule has 12 amide bonds. The predicted molar refractivity (Wildman–Crippen MR) is 351 cm³/mol. The van der Waals surface area contributed by atoms with E-state index in [0.29, 0.717) is 49.1 Å². The van der Waals surface area contributed by atoms with Gasteiger partial charge in [0.2, 0.25) is 70.9 Å². The van der Waals surface area contributed by atoms with E-state index in [1.807, 2.05) is 20.1 Å². The zero-order valence-electron chi connectivity index (χ0n) is 54.0. The van der Waals surface area contributed by atoms with Crippen molar-refractivity contribution < 1.29 is 72.5 Å². The average molecular weight is 1350 g/mol. The summed E-state index contributed by atoms with van der Waals surface area (Å²) in [6, 6.07) is 0.732. The number of nitrogens with two attached hydrogens (primary N) is 6. The number of carboxylic acids is 1. The lowest BCUT2D eigenvalue weighted by molar-refractivity contribution is -0.145. The number of benzene rings is 2. The second-order valence-electron chi connectivity index (χ2n) is 23.9. The molecule has 2 aromatic rings. The molecule has 2 saturated heterocycles. The van der Waals surface area contributed by atoms with Gasteiger partial charge in [-0.25, -0.2) is 0 Å². The standard InChI is InChI=1S/C62H95N17O15S/c1-35(2)30-43(56(89)72-40(52(66)85)24-29-95-3)71-50(82)34-70-53(86)44(32-37-18-20-38(80)21-19-37)75-57(90)45(31-36-12-5-4-6-13-36)76-54(87)41(15-9-26-69-62(67)68)73-55(88)42(22-23-51(83)84)74-58(91)48-17-11-28-79(48)61(94)46(33-49(65)81)77-59(92)47-16-10-27-78(47)60(93)39(64)14-7-8-25-63/h4-6,12-13,18-21,35,39-48,80H,7-11,14-17,22-34,63-64H2,1-3H3,(H2,65,81)(H2,66,85)(H,70,86)(H,71,82)(H,72,89)(H,73,88)(H,74,91)(H,75,90)(H,76,87)(H,77,92)(H,83,84)(H4,67,68,69)/t39-,40-,41-,42-,43-,44-,45-,46-,47-,48?/m0/s1. The summed E-state index contributed by atoms with van der Waals surface area (Å²) in [5.74, 6) is -11.5. The summed E-state index contributed by atoms with van der Waals surface area (Å²) in [4.78, 5) is 184. The minimum atomic E-state index is -1.69. The Hall–Kier alpha value is -9.11. The molecule has 0 spiro atoms. The molecule has 0 bridgehead atoms. The molecule has 524 valence electrons. The smallest absolute Gasteiger partial charge is 0.303 e. The van der Waals surface area contributed by atoms with Gasteiger partial charge in [-0.2, -0.15) is 11.8 Å². The molecule has 1 unspecified atom stereocenters. The van der Waals surface area contributed by atoms with E-state index < -0.39 is 163 Å². The molecule has 4 rings (SSSR count). The van der Waals surface area contributed by atoms with Crippen LogP contribution in [0.15, 0.2) is 59.6 Å². The number of guanidine groups is 1. The number of nitrogens with zero attached hydrogens (tertiary/aromatic N) is 3. The van der Waals surface area contributed by atoms with Gasteiger partial charge in [0.15, 0.2) is 5.96 Å². The van der Waals surface area contributed by atoms with Crippen LogP contribution in [0.2, 0.25) is 0 Å². The van der Waals surface area contributed by atoms with Crippen LogP contribution in [-0.2, 0) is 75.2 Å². The Labute approximate surface area is 555 Å². The number of amides is 12. The number of thioether (sulfide) groups is 1. The summed E-state index contributed by atoms with van der Waals surface area (Å²) >= 11 is 1.44. The van der Waals surface area contributed by atoms with Gasteiger partial charge in [0.1, 0.15) is 60.1 Å². The Balaban J connectivity index is 1.60. The lowest BCUT2D eigenvalue weighted by Gasteiger charge is -2.31. The van der Waals surface area contributed by atoms with Crippen LogP contribution in [0, 0.1) is 5.92 Å². The molecule has 2 heterocycles. The predicted octanol–water partition coefficient (Wildman–Crippen LogP) is -3.80. The number of primary amides is 2. The number of carbonyl (C=O) groups is 13. The summed E-state index contributed by atoms with van der Waals surface area (Å²) in [5.41, 5.74) is 35.0. The molecule has 32 nitrogen and oxygen atoms in total. The Bertz CT molecular complexity index is 2990. The zero-order chi connectivity index (χ0) is 70.3. The third-order valence-corrected chi connectivity index (χ3v) is 16.5. The number of nitrogens with one attached hydrogen (secondary N) is 8. The van der Waals surface area contributed by atoms with E-state index in [-0.39, 0.29) is 95.0 Å². The first-order valence-corrected chi connectivity index (χ1v) is 33.1. The molecule has 2 fully saturated rings. The Morgan fingerprint density at radius 3 is 1.67 bits per heavy atom. The minimum absolute atomic E-state index is 0.0153. The summed E-state index contributed by atoms with van der Waals surface area (Å²) in [7, 11) is 0. The SMILES string of the molecule is CSCC[C@H](NC(=O)[C@H](CC(C)C)NC(=O)CNC(=O)[C@H](Cc1ccc(O)cc1)NC(=O)[C@H](Cc1ccccc1)NC(=O)[C@H](CCCN=C(N)N)NC(=O)[C@H](CCC(=O)O)NC(=O)C1CCCN1C(=O)[C@H](CC(N)=O)NC(=O)[C@@H]1CCCN1C(=O)[C@@H](N)CCCCN)C(N)=O. The maximum absolute atomic E-state index is 14.7. The number of carboxylic acid groups (broad SMARTS) is 1. The zero-order valence-corrected chi connectivity index (χ0v) is 54.8. The summed E-state index contributed by atoms with van der Waals surface area (Å²) in [5, 5.41) is 40.5. The summed E-state index contributed by atoms with van der Waals surface area (Å²) in [6.07, 6.45) is 2.10. The van der Waals surface area contributed by atoms with Crippen molar-refractivity contribution in [1.29, 1.82) is 0 Å². The minimum Gasteiger partial charge on any atom is -0.508 e. The number of aliphatic carboxylic acids is 1. The van der Waals surface area contributed by atoms with Crippen molar-refractivity contribution in [3.63, 3.8) is 0 Å². The molecule has 2 aliphatic rings. The number of phenolic OH excluding ortho intramolecular Hbond substituents is 1. The van der Waals surface area contributed by atoms with Crippen molar-refractivity contribution in [2.45, 2.75) is 177 Å². The number of aliphatic imine (C=N–C) groups is 1. The van der Waals surface area contributed by atoms with E-state index >= 15 is 0 Å². The Kier molecular flexibility index (Phi) is 33.2. The molecular formula is C62H95N17O15S. The topological polar surface area (TPSA) is 534 Å². The van der Waals surface area contributed by atoms with E-state index in [2.05, 4.69) is 47.5 Å². The molecule has 0 saturated carbocycles. The van der Waals surface area contributed by atoms with E-state index in [9.17, 15) is 72.5 Å². The second kappa shape index (κ2) is 40.2. The fourth-order valence-electron chi connectivity index (χ4n) is 10.9. The number of likely N-dealkylation sites (tertiary alicyclic amines) is 2. The third kappa shape index (κ3) is 27.0. The van der Waals surface area contributed by atoms with Crippen molar-refractivity contribution in [2.75, 3.05) is 44.7 Å². The van der Waals surface area contributed by atoms with Crippen molar-refractivity contribution in [1.82, 2.24) is 52.3 Å². The molecule has 0 radical (unpaired) electrons. The lowest BCUT2D eigenvalue weighted by atomic mass is 10.0. The molecule has 22 N–H and O–H groups in total. The highest BCUT2D eigenvalue weighted by atomic mass is 32.2. The molecule has 0 aromatic heterocycles. The third-order valence-electron chi connectivity index (χ3n) is 15.8. The van der Waals surface area contributed by atoms with Crippen LogP contribution in [0.3, 0.4) is 0 Å². The number of aromatic hydroxyl groups is 1. The largest absolute Gasteiger partial charge is 0.508 e. The molecule has 2 aromatic carbocycles. The first-order valence-electron chi connectivity index (χ1n) is 31.7. The Morgan fingerprint density at radius 2 is 1.13 bits per heavy atom. The molecule has 33 heteroatoms. The van der Waals surface area contributed by atoms with Gasteiger partial charge in [0.05, 0.1) is 19.0 Å². The maximum atomic E-state index is 14.7. The molecule has 95 heavy (non-hydrogen) atoms. The molecule has 0 aliphatic carbocycles. The number of phenols is 1. The van der Waals surface area contributed by atoms with Crippen molar-refractivity contribution >= 4 is 94.6 Å². The van der Waals surface area contributed by atoms with Crippen molar-refractivity contribution in [3.05, 3.63) is 65.7 Å². The number of unbranched alkanes of at least 4 members (excludes halogenated alkanes) is 1. The fourth-order valence-corrected chi connectivity index (χ4v) is 11.4. The van der Waals surface area contributed by atoms with Crippen LogP contribution >= 0.6 is 11.8 Å². The van der Waals surface area contributed by atoms with E-state index in [0.717, 1.165) is 4.90 Å². The van der Waals surface area contributed by atoms with Crippen LogP contribution in [-0.4, -0.2) is 208 Å². The van der Waals surface area contributed by atoms with Crippen LogP contribution in [0.25, 0.3) is 0 Å². The van der Waals surface area contributed by atoms with Crippen molar-refractivity contribution in [3.8, 4) is 5.75 Å². The average Bonchev–Trinajstić information content (AvgIpc) is 1.75. The first kappa shape index (κ1) is 78.3. The quantitative estimate of drug-likeness (QED) is 0.0172.